The fourth-order valence-electron chi connectivity index (χ4n) is 8.11. The van der Waals surface area contributed by atoms with E-state index in [0.717, 1.165) is 0 Å². The van der Waals surface area contributed by atoms with Crippen molar-refractivity contribution in [2.45, 2.75) is 141 Å². The first-order chi connectivity index (χ1) is 33.3. The summed E-state index contributed by atoms with van der Waals surface area (Å²) < 4.78 is 0. The SMILES string of the molecule is CC[C@H](C)C1NC(=O)[C@H](Cc2ccc(O)cc2)NC(=O)CNC(=O)CC[C@@H](C(O)NCCC2CC2C(=O)N[C@@](C)(CC(C)C)C(=O)NCC(N)=O)NC(=O)[C@H](CC(N)=O)NC(=O)[C@H](CCC(N)=O)NC1=O. The minimum Gasteiger partial charge on any atom is -0.508 e. The third kappa shape index (κ3) is 19.8. The average molecular weight is 1000 g/mol. The van der Waals surface area contributed by atoms with Crippen LogP contribution in [0.2, 0.25) is 0 Å². The number of hydrogen-bond donors (Lipinski definition) is 14. The summed E-state index contributed by atoms with van der Waals surface area (Å²) in [6, 6.07) is -1.47. The van der Waals surface area contributed by atoms with Crippen LogP contribution in [0, 0.1) is 23.7 Å². The van der Waals surface area contributed by atoms with Crippen LogP contribution in [0.25, 0.3) is 0 Å². The lowest BCUT2D eigenvalue weighted by molar-refractivity contribution is -0.136. The van der Waals surface area contributed by atoms with Crippen molar-refractivity contribution in [1.82, 2.24) is 47.9 Å². The highest BCUT2D eigenvalue weighted by atomic mass is 16.3. The molecule has 394 valence electrons. The Balaban J connectivity index is 1.89. The molecule has 1 aliphatic carbocycles. The van der Waals surface area contributed by atoms with E-state index in [9.17, 15) is 63.0 Å². The van der Waals surface area contributed by atoms with Gasteiger partial charge in [-0.05, 0) is 81.0 Å². The molecule has 25 nitrogen and oxygen atoms in total. The largest absolute Gasteiger partial charge is 0.508 e. The Hall–Kier alpha value is -6.89. The quantitative estimate of drug-likeness (QED) is 0.0521. The summed E-state index contributed by atoms with van der Waals surface area (Å²) in [5, 5.41) is 44.5. The van der Waals surface area contributed by atoms with Gasteiger partial charge in [-0.3, -0.25) is 58.1 Å². The lowest BCUT2D eigenvalue weighted by atomic mass is 9.89. The summed E-state index contributed by atoms with van der Waals surface area (Å²) in [5.74, 6) is -10.2. The number of aliphatic hydroxyl groups is 1. The lowest BCUT2D eigenvalue weighted by Gasteiger charge is -2.31. The predicted octanol–water partition coefficient (Wildman–Crippen LogP) is -4.09. The molecular weight excluding hydrogens is 929 g/mol. The first-order valence-electron chi connectivity index (χ1n) is 23.7. The Morgan fingerprint density at radius 1 is 0.789 bits per heavy atom. The average Bonchev–Trinajstić information content (AvgIpc) is 4.08. The Kier molecular flexibility index (Phi) is 22.6. The van der Waals surface area contributed by atoms with Crippen LogP contribution in [0.3, 0.4) is 0 Å². The first-order valence-corrected chi connectivity index (χ1v) is 23.7. The minimum absolute atomic E-state index is 0.00745. The van der Waals surface area contributed by atoms with Crippen molar-refractivity contribution in [3.63, 3.8) is 0 Å². The molecule has 0 bridgehead atoms. The maximum Gasteiger partial charge on any atom is 0.245 e. The van der Waals surface area contributed by atoms with Crippen LogP contribution >= 0.6 is 0 Å². The molecule has 1 aromatic rings. The molecule has 2 fully saturated rings. The number of rotatable bonds is 21. The molecule has 10 atom stereocenters. The Labute approximate surface area is 411 Å². The maximum atomic E-state index is 14.0. The second-order valence-corrected chi connectivity index (χ2v) is 18.9. The van der Waals surface area contributed by atoms with Crippen molar-refractivity contribution in [1.29, 1.82) is 0 Å². The second-order valence-electron chi connectivity index (χ2n) is 18.9. The van der Waals surface area contributed by atoms with Gasteiger partial charge in [0.25, 0.3) is 0 Å². The number of aromatic hydroxyl groups is 1. The number of amides is 11. The smallest absolute Gasteiger partial charge is 0.245 e. The number of phenols is 1. The maximum absolute atomic E-state index is 14.0. The number of nitrogens with two attached hydrogens (primary N) is 3. The van der Waals surface area contributed by atoms with Crippen molar-refractivity contribution >= 4 is 65.0 Å². The predicted molar refractivity (Wildman–Crippen MR) is 254 cm³/mol. The minimum atomic E-state index is -1.72. The number of hydrogen-bond acceptors (Lipinski definition) is 14. The van der Waals surface area contributed by atoms with Crippen molar-refractivity contribution < 1.29 is 63.0 Å². The van der Waals surface area contributed by atoms with Gasteiger partial charge in [-0.1, -0.05) is 46.2 Å². The van der Waals surface area contributed by atoms with Gasteiger partial charge in [0.15, 0.2) is 0 Å². The highest BCUT2D eigenvalue weighted by Gasteiger charge is 2.46. The molecular formula is C46H72N12O13. The molecule has 1 aliphatic heterocycles. The zero-order valence-electron chi connectivity index (χ0n) is 40.9. The van der Waals surface area contributed by atoms with Crippen LogP contribution in [-0.4, -0.2) is 137 Å². The highest BCUT2D eigenvalue weighted by molar-refractivity contribution is 5.98. The van der Waals surface area contributed by atoms with Crippen LogP contribution in [0.1, 0.15) is 98.0 Å². The zero-order valence-corrected chi connectivity index (χ0v) is 40.9. The van der Waals surface area contributed by atoms with Gasteiger partial charge in [-0.15, -0.1) is 0 Å². The Morgan fingerprint density at radius 2 is 1.42 bits per heavy atom. The zero-order chi connectivity index (χ0) is 53.2. The molecule has 4 unspecified atom stereocenters. The summed E-state index contributed by atoms with van der Waals surface area (Å²) >= 11 is 0. The number of phenolic OH excluding ortho intramolecular Hbond substituents is 1. The summed E-state index contributed by atoms with van der Waals surface area (Å²) in [4.78, 5) is 144. The molecule has 17 N–H and O–H groups in total. The van der Waals surface area contributed by atoms with E-state index in [1.54, 1.807) is 20.8 Å². The van der Waals surface area contributed by atoms with Gasteiger partial charge in [0.2, 0.25) is 65.0 Å². The normalized spacial score (nSPS) is 24.5. The molecule has 1 saturated carbocycles. The van der Waals surface area contributed by atoms with Gasteiger partial charge in [0.1, 0.15) is 41.7 Å². The molecule has 0 aromatic heterocycles. The molecule has 11 amide bonds. The summed E-state index contributed by atoms with van der Waals surface area (Å²) in [5.41, 5.74) is 15.2. The monoisotopic (exact) mass is 1000 g/mol. The summed E-state index contributed by atoms with van der Waals surface area (Å²) in [6.45, 7) is 7.72. The van der Waals surface area contributed by atoms with Crippen molar-refractivity contribution in [2.75, 3.05) is 19.6 Å². The third-order valence-corrected chi connectivity index (χ3v) is 12.3. The lowest BCUT2D eigenvalue weighted by Crippen LogP contribution is -2.61. The molecule has 71 heavy (non-hydrogen) atoms. The second kappa shape index (κ2) is 27.5. The van der Waals surface area contributed by atoms with Gasteiger partial charge in [-0.2, -0.15) is 0 Å². The molecule has 1 heterocycles. The molecule has 1 aromatic carbocycles. The van der Waals surface area contributed by atoms with Crippen LogP contribution < -0.4 is 65.1 Å². The number of carbonyl (C=O) groups is 11. The van der Waals surface area contributed by atoms with Gasteiger partial charge in [0.05, 0.1) is 25.6 Å². The highest BCUT2D eigenvalue weighted by Crippen LogP contribution is 2.41. The van der Waals surface area contributed by atoms with Crippen molar-refractivity contribution in [3.05, 3.63) is 29.8 Å². The molecule has 1 saturated heterocycles. The van der Waals surface area contributed by atoms with E-state index >= 15 is 0 Å². The van der Waals surface area contributed by atoms with Gasteiger partial charge in [-0.25, -0.2) is 0 Å². The molecule has 25 heteroatoms. The van der Waals surface area contributed by atoms with E-state index in [1.807, 2.05) is 13.8 Å². The third-order valence-electron chi connectivity index (χ3n) is 12.3. The van der Waals surface area contributed by atoms with E-state index in [-0.39, 0.29) is 55.7 Å². The Morgan fingerprint density at radius 3 is 2.03 bits per heavy atom. The fraction of sp³-hybridized carbons (Fsp3) is 0.630. The van der Waals surface area contributed by atoms with Crippen molar-refractivity contribution in [3.8, 4) is 5.75 Å². The molecule has 0 radical (unpaired) electrons. The van der Waals surface area contributed by atoms with Gasteiger partial charge < -0.3 is 69.9 Å². The van der Waals surface area contributed by atoms with Crippen LogP contribution in [-0.2, 0) is 59.2 Å². The summed E-state index contributed by atoms with van der Waals surface area (Å²) in [6.07, 6.45) is -2.59. The Bertz CT molecular complexity index is 2110. The van der Waals surface area contributed by atoms with Crippen LogP contribution in [0.4, 0.5) is 0 Å². The summed E-state index contributed by atoms with van der Waals surface area (Å²) in [7, 11) is 0. The number of carbonyl (C=O) groups excluding carboxylic acids is 11. The standard InChI is InChI=1S/C46H72N12O13/c1-6-24(4)38-44(70)55-30(11-13-33(47)60)41(67)56-32(19-34(48)61)42(68)54-29(12-14-36(63)51-22-37(64)53-31(43(69)57-38)17-25-7-9-27(59)10-8-25)40(66)50-16-15-26-18-28(26)39(65)58-46(5,20-23(2)3)45(71)52-21-35(49)62/h7-10,23-24,26,28-32,38,40,50,59,66H,6,11-22H2,1-5H3,(H2,47,60)(H2,48,61)(H2,49,62)(H,51,63)(H,52,71)(H,53,64)(H,54,68)(H,55,70)(H,56,67)(H,57,69)(H,58,65)/t24-,26?,28?,29-,30-,31-,32-,38?,40?,46-/m0/s1. The van der Waals surface area contributed by atoms with E-state index in [0.29, 0.717) is 24.8 Å². The number of aliphatic hydroxyl groups excluding tert-OH is 1. The van der Waals surface area contributed by atoms with Gasteiger partial charge >= 0.3 is 0 Å². The number of primary amides is 3. The molecule has 0 spiro atoms. The van der Waals surface area contributed by atoms with E-state index in [2.05, 4.69) is 47.9 Å². The van der Waals surface area contributed by atoms with Crippen molar-refractivity contribution in [2.24, 2.45) is 40.9 Å². The van der Waals surface area contributed by atoms with Crippen LogP contribution in [0.15, 0.2) is 24.3 Å². The molecule has 2 aliphatic rings. The van der Waals surface area contributed by atoms with E-state index in [4.69, 9.17) is 17.2 Å². The molecule has 3 rings (SSSR count). The fourth-order valence-corrected chi connectivity index (χ4v) is 8.11. The number of nitrogens with one attached hydrogen (secondary N) is 9. The van der Waals surface area contributed by atoms with Gasteiger partial charge in [0, 0.05) is 25.2 Å². The topological polar surface area (TPSA) is 415 Å². The van der Waals surface area contributed by atoms with Crippen LogP contribution in [0.5, 0.6) is 5.75 Å². The number of benzene rings is 1. The first kappa shape index (κ1) is 58.4. The van der Waals surface area contributed by atoms with E-state index in [1.165, 1.54) is 24.3 Å². The van der Waals surface area contributed by atoms with E-state index < -0.39 is 145 Å².